The van der Waals surface area contributed by atoms with Gasteiger partial charge in [0.05, 0.1) is 0 Å². The summed E-state index contributed by atoms with van der Waals surface area (Å²) in [6, 6.07) is 8.16. The van der Waals surface area contributed by atoms with Crippen molar-refractivity contribution < 1.29 is 0 Å². The molecule has 0 amide bonds. The van der Waals surface area contributed by atoms with Gasteiger partial charge in [0.25, 0.3) is 0 Å². The van der Waals surface area contributed by atoms with E-state index in [0.29, 0.717) is 5.82 Å². The van der Waals surface area contributed by atoms with Gasteiger partial charge in [-0.1, -0.05) is 6.07 Å². The van der Waals surface area contributed by atoms with Gasteiger partial charge < -0.3 is 5.73 Å². The molecule has 2 rings (SSSR count). The number of nitrogen functional groups attached to an aromatic ring is 1. The van der Waals surface area contributed by atoms with E-state index >= 15 is 0 Å². The second-order valence-electron chi connectivity index (χ2n) is 3.84. The maximum atomic E-state index is 5.64. The van der Waals surface area contributed by atoms with Crippen LogP contribution in [0.3, 0.4) is 0 Å². The van der Waals surface area contributed by atoms with Crippen LogP contribution in [0.1, 0.15) is 10.4 Å². The minimum atomic E-state index is 0.585. The average molecular weight is 233 g/mol. The Labute approximate surface area is 99.5 Å². The van der Waals surface area contributed by atoms with Gasteiger partial charge >= 0.3 is 0 Å². The molecular formula is C12H15N3S. The summed E-state index contributed by atoms with van der Waals surface area (Å²) >= 11 is 1.79. The lowest BCUT2D eigenvalue weighted by Crippen LogP contribution is -2.16. The molecule has 0 atom stereocenters. The molecule has 2 aromatic rings. The molecule has 0 bridgehead atoms. The summed E-state index contributed by atoms with van der Waals surface area (Å²) in [7, 11) is 2.11. The first-order valence-corrected chi connectivity index (χ1v) is 6.03. The minimum absolute atomic E-state index is 0.585. The van der Waals surface area contributed by atoms with Gasteiger partial charge in [0.1, 0.15) is 5.82 Å². The molecule has 0 aromatic carbocycles. The number of thiophene rings is 1. The molecule has 4 heteroatoms. The van der Waals surface area contributed by atoms with Gasteiger partial charge in [-0.3, -0.25) is 4.90 Å². The molecule has 2 heterocycles. The zero-order chi connectivity index (χ0) is 11.4. The molecule has 0 saturated carbocycles. The highest BCUT2D eigenvalue weighted by molar-refractivity contribution is 7.09. The van der Waals surface area contributed by atoms with Crippen molar-refractivity contribution in [1.82, 2.24) is 9.88 Å². The van der Waals surface area contributed by atoms with E-state index in [-0.39, 0.29) is 0 Å². The molecule has 0 unspecified atom stereocenters. The highest BCUT2D eigenvalue weighted by Gasteiger charge is 2.02. The molecule has 0 aliphatic rings. The third kappa shape index (κ3) is 3.05. The first-order chi connectivity index (χ1) is 7.74. The lowest BCUT2D eigenvalue weighted by atomic mass is 10.2. The number of nitrogens with two attached hydrogens (primary N) is 1. The molecule has 0 aliphatic heterocycles. The fraction of sp³-hybridized carbons (Fsp3) is 0.250. The second kappa shape index (κ2) is 5.09. The zero-order valence-corrected chi connectivity index (χ0v) is 10.1. The summed E-state index contributed by atoms with van der Waals surface area (Å²) in [5.74, 6) is 0.585. The van der Waals surface area contributed by atoms with Crippen molar-refractivity contribution in [3.05, 3.63) is 46.3 Å². The number of hydrogen-bond acceptors (Lipinski definition) is 4. The number of rotatable bonds is 4. The fourth-order valence-electron chi connectivity index (χ4n) is 1.63. The summed E-state index contributed by atoms with van der Waals surface area (Å²) in [6.07, 6.45) is 1.75. The Bertz CT molecular complexity index is 439. The maximum Gasteiger partial charge on any atom is 0.123 e. The number of nitrogens with zero attached hydrogens (tertiary/aromatic N) is 2. The monoisotopic (exact) mass is 233 g/mol. The first-order valence-electron chi connectivity index (χ1n) is 5.15. The summed E-state index contributed by atoms with van der Waals surface area (Å²) < 4.78 is 0. The van der Waals surface area contributed by atoms with Gasteiger partial charge in [-0.25, -0.2) is 4.98 Å². The van der Waals surface area contributed by atoms with Crippen molar-refractivity contribution in [2.45, 2.75) is 13.1 Å². The largest absolute Gasteiger partial charge is 0.384 e. The van der Waals surface area contributed by atoms with Crippen LogP contribution >= 0.6 is 11.3 Å². The average Bonchev–Trinajstić information content (AvgIpc) is 2.70. The van der Waals surface area contributed by atoms with E-state index in [1.807, 2.05) is 12.1 Å². The van der Waals surface area contributed by atoms with Gasteiger partial charge in [0, 0.05) is 24.2 Å². The van der Waals surface area contributed by atoms with Crippen molar-refractivity contribution in [2.24, 2.45) is 0 Å². The number of anilines is 1. The Morgan fingerprint density at radius 1 is 1.38 bits per heavy atom. The summed E-state index contributed by atoms with van der Waals surface area (Å²) in [6.45, 7) is 1.87. The molecule has 0 saturated heterocycles. The molecule has 2 aromatic heterocycles. The smallest absolute Gasteiger partial charge is 0.123 e. The van der Waals surface area contributed by atoms with Crippen molar-refractivity contribution in [3.63, 3.8) is 0 Å². The van der Waals surface area contributed by atoms with Crippen molar-refractivity contribution in [2.75, 3.05) is 12.8 Å². The first kappa shape index (κ1) is 11.1. The van der Waals surface area contributed by atoms with Crippen LogP contribution in [-0.2, 0) is 13.1 Å². The molecule has 0 fully saturated rings. The SMILES string of the molecule is CN(Cc1ccnc(N)c1)Cc1cccs1. The minimum Gasteiger partial charge on any atom is -0.384 e. The molecule has 16 heavy (non-hydrogen) atoms. The van der Waals surface area contributed by atoms with Crippen LogP contribution in [0.25, 0.3) is 0 Å². The van der Waals surface area contributed by atoms with E-state index < -0.39 is 0 Å². The van der Waals surface area contributed by atoms with Gasteiger partial charge in [0.15, 0.2) is 0 Å². The maximum absolute atomic E-state index is 5.64. The predicted molar refractivity (Wildman–Crippen MR) is 68.1 cm³/mol. The van der Waals surface area contributed by atoms with Gasteiger partial charge in [-0.2, -0.15) is 0 Å². The van der Waals surface area contributed by atoms with Crippen LogP contribution in [0.5, 0.6) is 0 Å². The van der Waals surface area contributed by atoms with Crippen molar-refractivity contribution >= 4 is 17.2 Å². The number of hydrogen-bond donors (Lipinski definition) is 1. The summed E-state index contributed by atoms with van der Waals surface area (Å²) in [5, 5.41) is 2.10. The number of pyridine rings is 1. The van der Waals surface area contributed by atoms with Crippen molar-refractivity contribution in [3.8, 4) is 0 Å². The highest BCUT2D eigenvalue weighted by Crippen LogP contribution is 2.13. The molecule has 0 aliphatic carbocycles. The molecular weight excluding hydrogens is 218 g/mol. The third-order valence-corrected chi connectivity index (χ3v) is 3.16. The van der Waals surface area contributed by atoms with Gasteiger partial charge in [-0.05, 0) is 36.2 Å². The van der Waals surface area contributed by atoms with Crippen LogP contribution in [0.15, 0.2) is 35.8 Å². The van der Waals surface area contributed by atoms with Crippen LogP contribution in [0.4, 0.5) is 5.82 Å². The van der Waals surface area contributed by atoms with Gasteiger partial charge in [0.2, 0.25) is 0 Å². The van der Waals surface area contributed by atoms with E-state index in [1.54, 1.807) is 17.5 Å². The molecule has 0 radical (unpaired) electrons. The molecule has 0 spiro atoms. The van der Waals surface area contributed by atoms with Crippen molar-refractivity contribution in [1.29, 1.82) is 0 Å². The fourth-order valence-corrected chi connectivity index (χ4v) is 2.41. The van der Waals surface area contributed by atoms with Crippen LogP contribution < -0.4 is 5.73 Å². The molecule has 3 nitrogen and oxygen atoms in total. The van der Waals surface area contributed by atoms with E-state index in [0.717, 1.165) is 13.1 Å². The quantitative estimate of drug-likeness (QED) is 0.881. The Kier molecular flexibility index (Phi) is 3.54. The van der Waals surface area contributed by atoms with Crippen LogP contribution in [0.2, 0.25) is 0 Å². The Hall–Kier alpha value is -1.39. The van der Waals surface area contributed by atoms with Crippen LogP contribution in [-0.4, -0.2) is 16.9 Å². The van der Waals surface area contributed by atoms with Gasteiger partial charge in [-0.15, -0.1) is 11.3 Å². The normalized spacial score (nSPS) is 10.9. The lowest BCUT2D eigenvalue weighted by molar-refractivity contribution is 0.322. The Morgan fingerprint density at radius 2 is 2.25 bits per heavy atom. The second-order valence-corrected chi connectivity index (χ2v) is 4.87. The van der Waals surface area contributed by atoms with E-state index in [9.17, 15) is 0 Å². The lowest BCUT2D eigenvalue weighted by Gasteiger charge is -2.15. The topological polar surface area (TPSA) is 42.2 Å². The van der Waals surface area contributed by atoms with Crippen LogP contribution in [0, 0.1) is 0 Å². The molecule has 84 valence electrons. The number of aromatic nitrogens is 1. The third-order valence-electron chi connectivity index (χ3n) is 2.30. The summed E-state index contributed by atoms with van der Waals surface area (Å²) in [5.41, 5.74) is 6.84. The van der Waals surface area contributed by atoms with E-state index in [4.69, 9.17) is 5.73 Å². The predicted octanol–water partition coefficient (Wildman–Crippen LogP) is 2.36. The zero-order valence-electron chi connectivity index (χ0n) is 9.26. The van der Waals surface area contributed by atoms with E-state index in [1.165, 1.54) is 10.4 Å². The van der Waals surface area contributed by atoms with E-state index in [2.05, 4.69) is 34.4 Å². The Morgan fingerprint density at radius 3 is 2.94 bits per heavy atom. The Balaban J connectivity index is 1.94. The molecule has 2 N–H and O–H groups in total. The summed E-state index contributed by atoms with van der Waals surface area (Å²) in [4.78, 5) is 7.63. The standard InChI is InChI=1S/C12H15N3S/c1-15(9-11-3-2-6-16-11)8-10-4-5-14-12(13)7-10/h2-7H,8-9H2,1H3,(H2,13,14). The highest BCUT2D eigenvalue weighted by atomic mass is 32.1.